The van der Waals surface area contributed by atoms with Gasteiger partial charge in [-0.1, -0.05) is 0 Å². The smallest absolute Gasteiger partial charge is 0.137 e. The largest absolute Gasteiger partial charge is 0.508 e. The second-order valence-electron chi connectivity index (χ2n) is 2.94. The third-order valence-corrected chi connectivity index (χ3v) is 1.92. The zero-order valence-electron chi connectivity index (χ0n) is 7.56. The number of phenols is 2. The van der Waals surface area contributed by atoms with E-state index >= 15 is 0 Å². The van der Waals surface area contributed by atoms with Gasteiger partial charge in [0.15, 0.2) is 0 Å². The Bertz CT molecular complexity index is 368. The van der Waals surface area contributed by atoms with Crippen molar-refractivity contribution < 1.29 is 15.3 Å². The van der Waals surface area contributed by atoms with Crippen LogP contribution in [0.15, 0.2) is 12.1 Å². The van der Waals surface area contributed by atoms with Crippen LogP contribution in [0.4, 0.5) is 0 Å². The van der Waals surface area contributed by atoms with Gasteiger partial charge in [-0.2, -0.15) is 5.26 Å². The SMILES string of the molecule is N#Cc1cc(CCCO)c(O)cc1O. The number of aromatic hydroxyl groups is 2. The molecule has 0 aliphatic rings. The van der Waals surface area contributed by atoms with Gasteiger partial charge in [0.2, 0.25) is 0 Å². The highest BCUT2D eigenvalue weighted by atomic mass is 16.3. The molecule has 0 saturated carbocycles. The lowest BCUT2D eigenvalue weighted by Crippen LogP contribution is -1.91. The Morgan fingerprint density at radius 2 is 1.93 bits per heavy atom. The molecule has 0 aliphatic carbocycles. The van der Waals surface area contributed by atoms with Crippen molar-refractivity contribution in [1.82, 2.24) is 0 Å². The van der Waals surface area contributed by atoms with E-state index in [1.165, 1.54) is 6.07 Å². The highest BCUT2D eigenvalue weighted by Gasteiger charge is 2.07. The van der Waals surface area contributed by atoms with E-state index in [0.717, 1.165) is 6.07 Å². The Morgan fingerprint density at radius 1 is 1.21 bits per heavy atom. The van der Waals surface area contributed by atoms with Crippen molar-refractivity contribution in [3.05, 3.63) is 23.3 Å². The van der Waals surface area contributed by atoms with Crippen molar-refractivity contribution in [1.29, 1.82) is 5.26 Å². The predicted molar refractivity (Wildman–Crippen MR) is 49.9 cm³/mol. The molecule has 0 amide bonds. The van der Waals surface area contributed by atoms with Crippen LogP contribution in [0.1, 0.15) is 17.5 Å². The van der Waals surface area contributed by atoms with E-state index < -0.39 is 0 Å². The van der Waals surface area contributed by atoms with Gasteiger partial charge >= 0.3 is 0 Å². The summed E-state index contributed by atoms with van der Waals surface area (Å²) in [7, 11) is 0. The Labute approximate surface area is 81.7 Å². The molecule has 14 heavy (non-hydrogen) atoms. The molecule has 0 atom stereocenters. The Morgan fingerprint density at radius 3 is 2.50 bits per heavy atom. The van der Waals surface area contributed by atoms with E-state index in [1.54, 1.807) is 0 Å². The summed E-state index contributed by atoms with van der Waals surface area (Å²) in [6, 6.07) is 4.39. The molecule has 1 rings (SSSR count). The number of aliphatic hydroxyl groups excluding tert-OH is 1. The van der Waals surface area contributed by atoms with Crippen LogP contribution in [0, 0.1) is 11.3 Å². The highest BCUT2D eigenvalue weighted by Crippen LogP contribution is 2.27. The van der Waals surface area contributed by atoms with Crippen LogP contribution in [0.2, 0.25) is 0 Å². The summed E-state index contributed by atoms with van der Waals surface area (Å²) in [4.78, 5) is 0. The number of aliphatic hydroxyl groups is 1. The van der Waals surface area contributed by atoms with Gasteiger partial charge in [-0.25, -0.2) is 0 Å². The molecule has 3 N–H and O–H groups in total. The van der Waals surface area contributed by atoms with E-state index in [2.05, 4.69) is 0 Å². The fourth-order valence-electron chi connectivity index (χ4n) is 1.18. The lowest BCUT2D eigenvalue weighted by atomic mass is 10.0. The molecular formula is C10H11NO3. The molecule has 0 spiro atoms. The average Bonchev–Trinajstić information content (AvgIpc) is 2.17. The molecule has 0 bridgehead atoms. The number of hydrogen-bond acceptors (Lipinski definition) is 4. The van der Waals surface area contributed by atoms with Crippen LogP contribution in [-0.4, -0.2) is 21.9 Å². The Balaban J connectivity index is 3.00. The quantitative estimate of drug-likeness (QED) is 0.665. The Hall–Kier alpha value is -1.73. The summed E-state index contributed by atoms with van der Waals surface area (Å²) in [5, 5.41) is 35.8. The van der Waals surface area contributed by atoms with Crippen LogP contribution in [-0.2, 0) is 6.42 Å². The Kier molecular flexibility index (Phi) is 3.32. The highest BCUT2D eigenvalue weighted by molar-refractivity contribution is 5.50. The molecule has 0 aliphatic heterocycles. The minimum Gasteiger partial charge on any atom is -0.508 e. The van der Waals surface area contributed by atoms with Gasteiger partial charge in [-0.05, 0) is 24.5 Å². The van der Waals surface area contributed by atoms with Gasteiger partial charge < -0.3 is 15.3 Å². The van der Waals surface area contributed by atoms with Crippen molar-refractivity contribution in [3.63, 3.8) is 0 Å². The van der Waals surface area contributed by atoms with E-state index in [9.17, 15) is 10.2 Å². The number of nitriles is 1. The van der Waals surface area contributed by atoms with Gasteiger partial charge in [-0.3, -0.25) is 0 Å². The van der Waals surface area contributed by atoms with Gasteiger partial charge in [-0.15, -0.1) is 0 Å². The normalized spacial score (nSPS) is 9.71. The van der Waals surface area contributed by atoms with E-state index in [-0.39, 0.29) is 23.7 Å². The number of nitrogens with zero attached hydrogens (tertiary/aromatic N) is 1. The van der Waals surface area contributed by atoms with Gasteiger partial charge in [0.05, 0.1) is 5.56 Å². The topological polar surface area (TPSA) is 84.5 Å². The first kappa shape index (κ1) is 10.4. The zero-order chi connectivity index (χ0) is 10.6. The first-order valence-corrected chi connectivity index (χ1v) is 4.25. The van der Waals surface area contributed by atoms with Crippen molar-refractivity contribution in [3.8, 4) is 17.6 Å². The van der Waals surface area contributed by atoms with Crippen LogP contribution >= 0.6 is 0 Å². The first-order valence-electron chi connectivity index (χ1n) is 4.25. The van der Waals surface area contributed by atoms with Gasteiger partial charge in [0, 0.05) is 12.7 Å². The molecule has 74 valence electrons. The third kappa shape index (κ3) is 2.15. The monoisotopic (exact) mass is 193 g/mol. The van der Waals surface area contributed by atoms with E-state index in [4.69, 9.17) is 10.4 Å². The maximum atomic E-state index is 9.39. The van der Waals surface area contributed by atoms with Crippen molar-refractivity contribution in [2.45, 2.75) is 12.8 Å². The van der Waals surface area contributed by atoms with Gasteiger partial charge in [0.1, 0.15) is 17.6 Å². The average molecular weight is 193 g/mol. The minimum absolute atomic E-state index is 0.0300. The number of aryl methyl sites for hydroxylation is 1. The van der Waals surface area contributed by atoms with Crippen molar-refractivity contribution in [2.75, 3.05) is 6.61 Å². The molecule has 4 heteroatoms. The molecular weight excluding hydrogens is 182 g/mol. The third-order valence-electron chi connectivity index (χ3n) is 1.92. The summed E-state index contributed by atoms with van der Waals surface area (Å²) < 4.78 is 0. The lowest BCUT2D eigenvalue weighted by Gasteiger charge is -2.05. The molecule has 1 aromatic rings. The number of phenolic OH excluding ortho intramolecular Hbond substituents is 2. The maximum absolute atomic E-state index is 9.39. The summed E-state index contributed by atoms with van der Waals surface area (Å²) in [5.74, 6) is -0.271. The van der Waals surface area contributed by atoms with Crippen LogP contribution in [0.25, 0.3) is 0 Å². The van der Waals surface area contributed by atoms with E-state index in [0.29, 0.717) is 18.4 Å². The summed E-state index contributed by atoms with van der Waals surface area (Å²) in [6.07, 6.45) is 1.00. The second kappa shape index (κ2) is 4.49. The first-order chi connectivity index (χ1) is 6.69. The fourth-order valence-corrected chi connectivity index (χ4v) is 1.18. The number of benzene rings is 1. The summed E-state index contributed by atoms with van der Waals surface area (Å²) in [5.41, 5.74) is 0.698. The summed E-state index contributed by atoms with van der Waals surface area (Å²) in [6.45, 7) is 0.0300. The van der Waals surface area contributed by atoms with Crippen molar-refractivity contribution in [2.24, 2.45) is 0 Å². The van der Waals surface area contributed by atoms with Gasteiger partial charge in [0.25, 0.3) is 0 Å². The lowest BCUT2D eigenvalue weighted by molar-refractivity contribution is 0.288. The van der Waals surface area contributed by atoms with Crippen LogP contribution < -0.4 is 0 Å². The zero-order valence-corrected chi connectivity index (χ0v) is 7.56. The van der Waals surface area contributed by atoms with Crippen LogP contribution in [0.5, 0.6) is 11.5 Å². The maximum Gasteiger partial charge on any atom is 0.137 e. The molecule has 0 aromatic heterocycles. The molecule has 0 radical (unpaired) electrons. The summed E-state index contributed by atoms with van der Waals surface area (Å²) >= 11 is 0. The predicted octanol–water partition coefficient (Wildman–Crippen LogP) is 0.894. The van der Waals surface area contributed by atoms with E-state index in [1.807, 2.05) is 6.07 Å². The number of rotatable bonds is 3. The van der Waals surface area contributed by atoms with Crippen LogP contribution in [0.3, 0.4) is 0 Å². The van der Waals surface area contributed by atoms with Crippen molar-refractivity contribution >= 4 is 0 Å². The fraction of sp³-hybridized carbons (Fsp3) is 0.300. The minimum atomic E-state index is -0.224. The molecule has 0 heterocycles. The molecule has 1 aromatic carbocycles. The molecule has 0 saturated heterocycles. The second-order valence-corrected chi connectivity index (χ2v) is 2.94. The molecule has 4 nitrogen and oxygen atoms in total. The molecule has 0 unspecified atom stereocenters. The number of hydrogen-bond donors (Lipinski definition) is 3. The standard InChI is InChI=1S/C10H11NO3/c11-6-8-4-7(2-1-3-12)9(13)5-10(8)14/h4-5,12-14H,1-3H2. The molecule has 0 fully saturated rings.